The largest absolute Gasteiger partial charge is 0.388 e. The lowest BCUT2D eigenvalue weighted by molar-refractivity contribution is -0.149. The van der Waals surface area contributed by atoms with Crippen molar-refractivity contribution in [1.29, 1.82) is 0 Å². The molecule has 0 aromatic carbocycles. The Kier molecular flexibility index (Phi) is 7.81. The van der Waals surface area contributed by atoms with Gasteiger partial charge in [-0.05, 0) is 38.3 Å². The molecule has 2 heterocycles. The maximum atomic E-state index is 13.0. The first-order chi connectivity index (χ1) is 12.5. The Morgan fingerprint density at radius 2 is 1.96 bits per heavy atom. The first-order valence-electron chi connectivity index (χ1n) is 9.36. The van der Waals surface area contributed by atoms with E-state index < -0.39 is 30.3 Å². The van der Waals surface area contributed by atoms with Gasteiger partial charge in [-0.2, -0.15) is 0 Å². The third kappa shape index (κ3) is 4.52. The number of piperidine rings is 1. The van der Waals surface area contributed by atoms with Gasteiger partial charge in [-0.25, -0.2) is 0 Å². The van der Waals surface area contributed by atoms with Crippen LogP contribution in [0.4, 0.5) is 0 Å². The van der Waals surface area contributed by atoms with Gasteiger partial charge in [0.25, 0.3) is 0 Å². The van der Waals surface area contributed by atoms with Crippen LogP contribution in [0.5, 0.6) is 0 Å². The molecule has 1 aliphatic carbocycles. The van der Waals surface area contributed by atoms with Crippen molar-refractivity contribution in [3.05, 3.63) is 23.9 Å². The fraction of sp³-hybridized carbons (Fsp3) is 0.667. The van der Waals surface area contributed by atoms with Crippen LogP contribution in [0.3, 0.4) is 0 Å². The second-order valence-electron chi connectivity index (χ2n) is 7.10. The normalized spacial score (nSPS) is 32.8. The molecule has 5 atom stereocenters. The average molecular weight is 401 g/mol. The van der Waals surface area contributed by atoms with Crippen LogP contribution in [-0.4, -0.2) is 58.5 Å². The SMILES string of the molecule is Cl.NCCCCCNC1=CC=CC2C(=O)N(C3CCC(O)NC3O)C(=O)C12. The molecule has 3 aliphatic rings. The van der Waals surface area contributed by atoms with Crippen molar-refractivity contribution in [1.82, 2.24) is 15.5 Å². The van der Waals surface area contributed by atoms with Gasteiger partial charge in [-0.15, -0.1) is 12.4 Å². The zero-order chi connectivity index (χ0) is 18.7. The Morgan fingerprint density at radius 1 is 1.19 bits per heavy atom. The third-order valence-corrected chi connectivity index (χ3v) is 5.32. The molecule has 8 nitrogen and oxygen atoms in total. The zero-order valence-corrected chi connectivity index (χ0v) is 16.0. The van der Waals surface area contributed by atoms with Crippen LogP contribution in [0.15, 0.2) is 23.9 Å². The predicted molar refractivity (Wildman–Crippen MR) is 102 cm³/mol. The maximum absolute atomic E-state index is 13.0. The van der Waals surface area contributed by atoms with Crippen molar-refractivity contribution in [3.8, 4) is 0 Å². The van der Waals surface area contributed by atoms with E-state index in [-0.39, 0.29) is 24.2 Å². The molecule has 2 fully saturated rings. The molecule has 0 bridgehead atoms. The highest BCUT2D eigenvalue weighted by molar-refractivity contribution is 6.08. The Balaban J connectivity index is 0.00000261. The maximum Gasteiger partial charge on any atom is 0.239 e. The molecular formula is C18H29ClN4O4. The van der Waals surface area contributed by atoms with E-state index in [0.717, 1.165) is 31.5 Å². The molecule has 0 saturated carbocycles. The van der Waals surface area contributed by atoms with Gasteiger partial charge in [0.2, 0.25) is 11.8 Å². The number of rotatable bonds is 7. The van der Waals surface area contributed by atoms with E-state index in [1.165, 1.54) is 4.90 Å². The lowest BCUT2D eigenvalue weighted by Crippen LogP contribution is -2.58. The van der Waals surface area contributed by atoms with Crippen molar-refractivity contribution in [2.24, 2.45) is 17.6 Å². The summed E-state index contributed by atoms with van der Waals surface area (Å²) in [5, 5.41) is 25.7. The monoisotopic (exact) mass is 400 g/mol. The number of unbranched alkanes of at least 4 members (excludes halogenated alkanes) is 2. The second kappa shape index (κ2) is 9.66. The Morgan fingerprint density at radius 3 is 2.67 bits per heavy atom. The molecule has 0 aromatic rings. The summed E-state index contributed by atoms with van der Waals surface area (Å²) in [5.41, 5.74) is 6.25. The van der Waals surface area contributed by atoms with E-state index in [4.69, 9.17) is 5.73 Å². The lowest BCUT2D eigenvalue weighted by Gasteiger charge is -2.36. The molecule has 152 valence electrons. The summed E-state index contributed by atoms with van der Waals surface area (Å²) in [7, 11) is 0. The standard InChI is InChI=1S/C18H28N4O4.ClH/c19-9-2-1-3-10-20-12-6-4-5-11-15(12)18(26)22(17(11)25)13-7-8-14(23)21-16(13)24;/h4-6,11,13-16,20-21,23-24H,1-3,7-10,19H2;1H. The molecule has 2 amide bonds. The van der Waals surface area contributed by atoms with E-state index >= 15 is 0 Å². The summed E-state index contributed by atoms with van der Waals surface area (Å²) >= 11 is 0. The number of halogens is 1. The molecular weight excluding hydrogens is 372 g/mol. The van der Waals surface area contributed by atoms with Gasteiger partial charge >= 0.3 is 0 Å². The minimum absolute atomic E-state index is 0. The number of carbonyl (C=O) groups excluding carboxylic acids is 2. The van der Waals surface area contributed by atoms with Crippen molar-refractivity contribution in [2.45, 2.75) is 50.6 Å². The Labute approximate surface area is 165 Å². The fourth-order valence-electron chi connectivity index (χ4n) is 3.94. The molecule has 6 N–H and O–H groups in total. The van der Waals surface area contributed by atoms with Crippen LogP contribution in [0.25, 0.3) is 0 Å². The first kappa shape index (κ1) is 21.8. The van der Waals surface area contributed by atoms with Gasteiger partial charge in [0.05, 0.1) is 17.9 Å². The molecule has 27 heavy (non-hydrogen) atoms. The molecule has 0 radical (unpaired) electrons. The van der Waals surface area contributed by atoms with Crippen LogP contribution in [0.2, 0.25) is 0 Å². The molecule has 9 heteroatoms. The number of allylic oxidation sites excluding steroid dienone is 2. The number of nitrogens with zero attached hydrogens (tertiary/aromatic N) is 1. The highest BCUT2D eigenvalue weighted by atomic mass is 35.5. The minimum atomic E-state index is -1.12. The molecule has 5 unspecified atom stereocenters. The number of aliphatic hydroxyl groups excluding tert-OH is 2. The molecule has 3 rings (SSSR count). The van der Waals surface area contributed by atoms with Gasteiger partial charge in [0, 0.05) is 12.2 Å². The van der Waals surface area contributed by atoms with E-state index in [9.17, 15) is 19.8 Å². The number of aliphatic hydroxyl groups is 2. The predicted octanol–water partition coefficient (Wildman–Crippen LogP) is -0.429. The second-order valence-corrected chi connectivity index (χ2v) is 7.10. The number of hydrogen-bond acceptors (Lipinski definition) is 7. The highest BCUT2D eigenvalue weighted by Gasteiger charge is 2.52. The van der Waals surface area contributed by atoms with E-state index in [1.54, 1.807) is 12.2 Å². The molecule has 0 aromatic heterocycles. The summed E-state index contributed by atoms with van der Waals surface area (Å²) in [5.74, 6) is -1.65. The van der Waals surface area contributed by atoms with Gasteiger partial charge < -0.3 is 21.3 Å². The van der Waals surface area contributed by atoms with Gasteiger partial charge in [0.15, 0.2) is 0 Å². The number of amides is 2. The Bertz CT molecular complexity index is 612. The van der Waals surface area contributed by atoms with Crippen LogP contribution in [0, 0.1) is 11.8 Å². The first-order valence-corrected chi connectivity index (χ1v) is 9.36. The molecule has 2 saturated heterocycles. The van der Waals surface area contributed by atoms with Crippen LogP contribution < -0.4 is 16.4 Å². The van der Waals surface area contributed by atoms with Gasteiger partial charge in [0.1, 0.15) is 12.5 Å². The summed E-state index contributed by atoms with van der Waals surface area (Å²) in [6.07, 6.45) is 7.16. The summed E-state index contributed by atoms with van der Waals surface area (Å²) in [4.78, 5) is 27.0. The van der Waals surface area contributed by atoms with Crippen molar-refractivity contribution < 1.29 is 19.8 Å². The van der Waals surface area contributed by atoms with Gasteiger partial charge in [-0.3, -0.25) is 19.8 Å². The van der Waals surface area contributed by atoms with Crippen LogP contribution in [0.1, 0.15) is 32.1 Å². The minimum Gasteiger partial charge on any atom is -0.388 e. The smallest absolute Gasteiger partial charge is 0.239 e. The quantitative estimate of drug-likeness (QED) is 0.290. The van der Waals surface area contributed by atoms with Crippen molar-refractivity contribution in [3.63, 3.8) is 0 Å². The fourth-order valence-corrected chi connectivity index (χ4v) is 3.94. The number of nitrogens with one attached hydrogen (secondary N) is 2. The highest BCUT2D eigenvalue weighted by Crippen LogP contribution is 2.37. The molecule has 0 spiro atoms. The number of nitrogens with two attached hydrogens (primary N) is 1. The summed E-state index contributed by atoms with van der Waals surface area (Å²) in [6.45, 7) is 1.40. The Hall–Kier alpha value is -1.45. The lowest BCUT2D eigenvalue weighted by atomic mass is 9.88. The van der Waals surface area contributed by atoms with E-state index in [0.29, 0.717) is 19.4 Å². The topological polar surface area (TPSA) is 128 Å². The van der Waals surface area contributed by atoms with Gasteiger partial charge in [-0.1, -0.05) is 18.6 Å². The van der Waals surface area contributed by atoms with Crippen LogP contribution in [-0.2, 0) is 9.59 Å². The summed E-state index contributed by atoms with van der Waals surface area (Å²) in [6, 6.07) is -0.650. The van der Waals surface area contributed by atoms with Crippen LogP contribution >= 0.6 is 12.4 Å². The third-order valence-electron chi connectivity index (χ3n) is 5.32. The van der Waals surface area contributed by atoms with E-state index in [2.05, 4.69) is 10.6 Å². The average Bonchev–Trinajstić information content (AvgIpc) is 2.87. The number of imide groups is 1. The number of likely N-dealkylation sites (tertiary alicyclic amines) is 1. The molecule has 2 aliphatic heterocycles. The summed E-state index contributed by atoms with van der Waals surface area (Å²) < 4.78 is 0. The van der Waals surface area contributed by atoms with Crippen molar-refractivity contribution >= 4 is 24.2 Å². The number of fused-ring (bicyclic) bond motifs is 1. The number of hydrogen-bond donors (Lipinski definition) is 5. The number of carbonyl (C=O) groups is 2. The zero-order valence-electron chi connectivity index (χ0n) is 15.2. The van der Waals surface area contributed by atoms with E-state index in [1.807, 2.05) is 6.08 Å². The van der Waals surface area contributed by atoms with Crippen molar-refractivity contribution in [2.75, 3.05) is 13.1 Å².